The van der Waals surface area contributed by atoms with E-state index in [9.17, 15) is 18.0 Å². The average Bonchev–Trinajstić information content (AvgIpc) is 2.69. The Kier molecular flexibility index (Phi) is 5.56. The standard InChI is InChI=1S/C21H16F3O2S/c1-26-20(25)15-7-11-18(12-8-15)27(17-5-3-2-4-6-17)19-13-9-16(10-14-19)21(22,23)24/h2-14H,1H3/q+1. The van der Waals surface area contributed by atoms with Crippen molar-refractivity contribution < 1.29 is 22.7 Å². The number of carbonyl (C=O) groups is 1. The van der Waals surface area contributed by atoms with E-state index in [0.717, 1.165) is 26.8 Å². The molecule has 3 aromatic carbocycles. The SMILES string of the molecule is COC(=O)c1ccc([S+](c2ccccc2)c2ccc(C(F)(F)F)cc2)cc1. The van der Waals surface area contributed by atoms with E-state index in [1.807, 2.05) is 30.3 Å². The Bertz CT molecular complexity index is 905. The first-order valence-corrected chi connectivity index (χ1v) is 9.27. The van der Waals surface area contributed by atoms with Crippen molar-refractivity contribution in [3.8, 4) is 0 Å². The van der Waals surface area contributed by atoms with Gasteiger partial charge in [0.2, 0.25) is 0 Å². The van der Waals surface area contributed by atoms with Crippen molar-refractivity contribution in [2.45, 2.75) is 20.9 Å². The van der Waals surface area contributed by atoms with E-state index >= 15 is 0 Å². The number of methoxy groups -OCH3 is 1. The largest absolute Gasteiger partial charge is 0.465 e. The molecule has 3 aromatic rings. The van der Waals surface area contributed by atoms with E-state index in [2.05, 4.69) is 0 Å². The minimum absolute atomic E-state index is 0.422. The van der Waals surface area contributed by atoms with Crippen molar-refractivity contribution in [1.82, 2.24) is 0 Å². The van der Waals surface area contributed by atoms with E-state index < -0.39 is 28.6 Å². The lowest BCUT2D eigenvalue weighted by molar-refractivity contribution is -0.137. The third-order valence-electron chi connectivity index (χ3n) is 3.91. The lowest BCUT2D eigenvalue weighted by Crippen LogP contribution is -2.08. The molecule has 0 N–H and O–H groups in total. The van der Waals surface area contributed by atoms with Crippen LogP contribution < -0.4 is 0 Å². The fourth-order valence-corrected chi connectivity index (χ4v) is 4.65. The van der Waals surface area contributed by atoms with Crippen LogP contribution in [0.15, 0.2) is 93.5 Å². The summed E-state index contributed by atoms with van der Waals surface area (Å²) in [5.41, 5.74) is -0.255. The van der Waals surface area contributed by atoms with E-state index in [-0.39, 0.29) is 0 Å². The maximum absolute atomic E-state index is 12.9. The number of alkyl halides is 3. The van der Waals surface area contributed by atoms with Crippen molar-refractivity contribution in [3.05, 3.63) is 90.0 Å². The van der Waals surface area contributed by atoms with Gasteiger partial charge in [-0.1, -0.05) is 18.2 Å². The molecule has 1 unspecified atom stereocenters. The summed E-state index contributed by atoms with van der Waals surface area (Å²) in [6, 6.07) is 21.7. The molecule has 0 amide bonds. The normalized spacial score (nSPS) is 12.4. The van der Waals surface area contributed by atoms with Gasteiger partial charge in [-0.05, 0) is 60.7 Å². The van der Waals surface area contributed by atoms with Crippen LogP contribution in [0.2, 0.25) is 0 Å². The minimum atomic E-state index is -4.37. The number of benzene rings is 3. The fraction of sp³-hybridized carbons (Fsp3) is 0.0952. The van der Waals surface area contributed by atoms with Crippen LogP contribution in [0, 0.1) is 0 Å². The Balaban J connectivity index is 2.03. The molecule has 0 fully saturated rings. The van der Waals surface area contributed by atoms with Gasteiger partial charge < -0.3 is 4.74 Å². The van der Waals surface area contributed by atoms with Gasteiger partial charge in [-0.25, -0.2) is 4.79 Å². The number of rotatable bonds is 4. The van der Waals surface area contributed by atoms with Gasteiger partial charge in [0.05, 0.1) is 29.1 Å². The molecule has 0 bridgehead atoms. The highest BCUT2D eigenvalue weighted by molar-refractivity contribution is 7.97. The van der Waals surface area contributed by atoms with Crippen molar-refractivity contribution in [2.24, 2.45) is 0 Å². The van der Waals surface area contributed by atoms with Gasteiger partial charge in [0, 0.05) is 0 Å². The number of carbonyl (C=O) groups excluding carboxylic acids is 1. The highest BCUT2D eigenvalue weighted by atomic mass is 32.2. The summed E-state index contributed by atoms with van der Waals surface area (Å²) >= 11 is 0. The third kappa shape index (κ3) is 4.34. The number of hydrogen-bond acceptors (Lipinski definition) is 2. The molecular formula is C21H16F3O2S+. The molecule has 3 rings (SSSR count). The summed E-state index contributed by atoms with van der Waals surface area (Å²) < 4.78 is 43.3. The van der Waals surface area contributed by atoms with Gasteiger partial charge >= 0.3 is 12.1 Å². The van der Waals surface area contributed by atoms with Gasteiger partial charge in [0.1, 0.15) is 0 Å². The maximum Gasteiger partial charge on any atom is 0.416 e. The quantitative estimate of drug-likeness (QED) is 0.430. The van der Waals surface area contributed by atoms with Crippen LogP contribution in [0.3, 0.4) is 0 Å². The summed E-state index contributed by atoms with van der Waals surface area (Å²) in [5.74, 6) is -0.435. The molecule has 1 atom stereocenters. The fourth-order valence-electron chi connectivity index (χ4n) is 2.59. The molecule has 0 saturated heterocycles. The summed E-state index contributed by atoms with van der Waals surface area (Å²) in [6.07, 6.45) is -4.37. The van der Waals surface area contributed by atoms with Gasteiger partial charge in [-0.15, -0.1) is 0 Å². The minimum Gasteiger partial charge on any atom is -0.465 e. The van der Waals surface area contributed by atoms with Crippen molar-refractivity contribution in [3.63, 3.8) is 0 Å². The molecule has 0 aromatic heterocycles. The zero-order valence-electron chi connectivity index (χ0n) is 14.4. The third-order valence-corrected chi connectivity index (χ3v) is 6.14. The molecule has 0 radical (unpaired) electrons. The predicted molar refractivity (Wildman–Crippen MR) is 97.8 cm³/mol. The zero-order chi connectivity index (χ0) is 19.4. The first-order chi connectivity index (χ1) is 12.9. The summed E-state index contributed by atoms with van der Waals surface area (Å²) in [5, 5.41) is 0. The molecule has 2 nitrogen and oxygen atoms in total. The lowest BCUT2D eigenvalue weighted by Gasteiger charge is -2.10. The molecule has 0 heterocycles. The number of esters is 1. The van der Waals surface area contributed by atoms with Crippen LogP contribution in [0.1, 0.15) is 15.9 Å². The van der Waals surface area contributed by atoms with E-state index in [1.165, 1.54) is 19.2 Å². The second-order valence-corrected chi connectivity index (χ2v) is 7.68. The maximum atomic E-state index is 12.9. The van der Waals surface area contributed by atoms with Crippen LogP contribution >= 0.6 is 0 Å². The van der Waals surface area contributed by atoms with E-state index in [0.29, 0.717) is 5.56 Å². The van der Waals surface area contributed by atoms with Crippen molar-refractivity contribution in [2.75, 3.05) is 7.11 Å². The first kappa shape index (κ1) is 19.0. The number of halogens is 3. The highest BCUT2D eigenvalue weighted by Crippen LogP contribution is 2.34. The molecule has 0 aliphatic rings. The topological polar surface area (TPSA) is 26.3 Å². The Morgan fingerprint density at radius 3 is 1.74 bits per heavy atom. The van der Waals surface area contributed by atoms with Crippen LogP contribution in [0.25, 0.3) is 0 Å². The number of hydrogen-bond donors (Lipinski definition) is 0. The molecule has 138 valence electrons. The molecule has 27 heavy (non-hydrogen) atoms. The molecule has 6 heteroatoms. The smallest absolute Gasteiger partial charge is 0.416 e. The number of ether oxygens (including phenoxy) is 1. The second kappa shape index (κ2) is 7.88. The van der Waals surface area contributed by atoms with Crippen LogP contribution in [-0.4, -0.2) is 13.1 Å². The monoisotopic (exact) mass is 389 g/mol. The van der Waals surface area contributed by atoms with Gasteiger partial charge in [-0.3, -0.25) is 0 Å². The molecule has 0 saturated carbocycles. The summed E-state index contributed by atoms with van der Waals surface area (Å²) in [7, 11) is 0.720. The van der Waals surface area contributed by atoms with Gasteiger partial charge in [0.25, 0.3) is 0 Å². The second-order valence-electron chi connectivity index (χ2n) is 5.66. The molecular weight excluding hydrogens is 373 g/mol. The van der Waals surface area contributed by atoms with E-state index in [4.69, 9.17) is 4.74 Å². The van der Waals surface area contributed by atoms with Crippen molar-refractivity contribution >= 4 is 16.9 Å². The van der Waals surface area contributed by atoms with Crippen LogP contribution in [-0.2, 0) is 21.8 Å². The van der Waals surface area contributed by atoms with Crippen molar-refractivity contribution in [1.29, 1.82) is 0 Å². The molecule has 0 spiro atoms. The van der Waals surface area contributed by atoms with Crippen LogP contribution in [0.5, 0.6) is 0 Å². The lowest BCUT2D eigenvalue weighted by atomic mass is 10.2. The Labute approximate surface area is 158 Å². The average molecular weight is 389 g/mol. The van der Waals surface area contributed by atoms with Crippen LogP contribution in [0.4, 0.5) is 13.2 Å². The predicted octanol–water partition coefficient (Wildman–Crippen LogP) is 5.59. The Hall–Kier alpha value is -2.73. The van der Waals surface area contributed by atoms with Gasteiger partial charge in [0.15, 0.2) is 14.7 Å². The zero-order valence-corrected chi connectivity index (χ0v) is 15.2. The highest BCUT2D eigenvalue weighted by Gasteiger charge is 2.33. The Morgan fingerprint density at radius 2 is 1.26 bits per heavy atom. The Morgan fingerprint density at radius 1 is 0.778 bits per heavy atom. The first-order valence-electron chi connectivity index (χ1n) is 8.05. The summed E-state index contributed by atoms with van der Waals surface area (Å²) in [4.78, 5) is 14.3. The van der Waals surface area contributed by atoms with E-state index in [1.54, 1.807) is 24.3 Å². The van der Waals surface area contributed by atoms with Gasteiger partial charge in [-0.2, -0.15) is 13.2 Å². The molecule has 0 aliphatic carbocycles. The molecule has 0 aliphatic heterocycles. The summed E-state index contributed by atoms with van der Waals surface area (Å²) in [6.45, 7) is 0.